The van der Waals surface area contributed by atoms with Crippen LogP contribution in [0.1, 0.15) is 23.6 Å². The fourth-order valence-electron chi connectivity index (χ4n) is 2.30. The molecular weight excluding hydrogens is 352 g/mol. The first-order chi connectivity index (χ1) is 12.5. The second-order valence-corrected chi connectivity index (χ2v) is 6.68. The SMILES string of the molecule is Cc1ccc(-c2cnc(CCC(=O)Nc3nc(CC(N)=O)cs3)o2)cc1. The Labute approximate surface area is 154 Å². The number of oxazole rings is 1. The molecule has 3 N–H and O–H groups in total. The van der Waals surface area contributed by atoms with E-state index < -0.39 is 5.91 Å². The van der Waals surface area contributed by atoms with Crippen molar-refractivity contribution in [2.24, 2.45) is 5.73 Å². The van der Waals surface area contributed by atoms with Crippen molar-refractivity contribution in [1.29, 1.82) is 0 Å². The Morgan fingerprint density at radius 1 is 1.27 bits per heavy atom. The molecule has 0 bridgehead atoms. The Morgan fingerprint density at radius 3 is 2.77 bits per heavy atom. The van der Waals surface area contributed by atoms with Crippen molar-refractivity contribution in [3.63, 3.8) is 0 Å². The molecule has 0 radical (unpaired) electrons. The average molecular weight is 370 g/mol. The molecule has 3 rings (SSSR count). The summed E-state index contributed by atoms with van der Waals surface area (Å²) < 4.78 is 5.70. The van der Waals surface area contributed by atoms with Gasteiger partial charge in [-0.05, 0) is 6.92 Å². The minimum Gasteiger partial charge on any atom is -0.441 e. The number of carbonyl (C=O) groups is 2. The number of amides is 2. The van der Waals surface area contributed by atoms with Gasteiger partial charge in [0.05, 0.1) is 18.3 Å². The van der Waals surface area contributed by atoms with Gasteiger partial charge in [-0.2, -0.15) is 0 Å². The van der Waals surface area contributed by atoms with Crippen LogP contribution < -0.4 is 11.1 Å². The highest BCUT2D eigenvalue weighted by molar-refractivity contribution is 7.13. The fourth-order valence-corrected chi connectivity index (χ4v) is 3.03. The molecule has 2 heterocycles. The predicted octanol–water partition coefficient (Wildman–Crippen LogP) is 2.71. The quantitative estimate of drug-likeness (QED) is 0.664. The predicted molar refractivity (Wildman–Crippen MR) is 98.6 cm³/mol. The van der Waals surface area contributed by atoms with Crippen molar-refractivity contribution in [2.45, 2.75) is 26.2 Å². The third-order valence-electron chi connectivity index (χ3n) is 3.61. The van der Waals surface area contributed by atoms with E-state index in [4.69, 9.17) is 10.2 Å². The van der Waals surface area contributed by atoms with Crippen molar-refractivity contribution in [2.75, 3.05) is 5.32 Å². The van der Waals surface area contributed by atoms with Crippen molar-refractivity contribution >= 4 is 28.3 Å². The van der Waals surface area contributed by atoms with Crippen molar-refractivity contribution in [1.82, 2.24) is 9.97 Å². The number of benzene rings is 1. The smallest absolute Gasteiger partial charge is 0.226 e. The van der Waals surface area contributed by atoms with Gasteiger partial charge in [-0.15, -0.1) is 11.3 Å². The number of nitrogens with zero attached hydrogens (tertiary/aromatic N) is 2. The Balaban J connectivity index is 1.52. The van der Waals surface area contributed by atoms with Gasteiger partial charge in [0.2, 0.25) is 11.8 Å². The lowest BCUT2D eigenvalue weighted by Gasteiger charge is -2.00. The second-order valence-electron chi connectivity index (χ2n) is 5.82. The molecule has 8 heteroatoms. The van der Waals surface area contributed by atoms with Gasteiger partial charge in [0.1, 0.15) is 0 Å². The van der Waals surface area contributed by atoms with Crippen LogP contribution in [0.25, 0.3) is 11.3 Å². The third-order valence-corrected chi connectivity index (χ3v) is 4.42. The first-order valence-corrected chi connectivity index (χ1v) is 8.92. The molecule has 2 amide bonds. The van der Waals surface area contributed by atoms with Crippen LogP contribution in [0.2, 0.25) is 0 Å². The van der Waals surface area contributed by atoms with Crippen LogP contribution in [0, 0.1) is 6.92 Å². The van der Waals surface area contributed by atoms with Crippen LogP contribution in [-0.2, 0) is 22.4 Å². The maximum Gasteiger partial charge on any atom is 0.226 e. The van der Waals surface area contributed by atoms with Gasteiger partial charge >= 0.3 is 0 Å². The largest absolute Gasteiger partial charge is 0.441 e. The highest BCUT2D eigenvalue weighted by Gasteiger charge is 2.11. The minimum absolute atomic E-state index is 0.0600. The number of aryl methyl sites for hydroxylation is 2. The number of aromatic nitrogens is 2. The van der Waals surface area contributed by atoms with E-state index in [1.54, 1.807) is 11.6 Å². The van der Waals surface area contributed by atoms with Crippen molar-refractivity contribution < 1.29 is 14.0 Å². The molecule has 0 saturated heterocycles. The Hall–Kier alpha value is -3.00. The molecule has 1 aromatic carbocycles. The molecule has 134 valence electrons. The molecule has 0 aliphatic heterocycles. The van der Waals surface area contributed by atoms with Gasteiger partial charge in [0, 0.05) is 23.8 Å². The molecule has 0 fully saturated rings. The molecule has 0 saturated carbocycles. The normalized spacial score (nSPS) is 10.7. The van der Waals surface area contributed by atoms with Crippen LogP contribution in [0.5, 0.6) is 0 Å². The van der Waals surface area contributed by atoms with Gasteiger partial charge < -0.3 is 15.5 Å². The fraction of sp³-hybridized carbons (Fsp3) is 0.222. The van der Waals surface area contributed by atoms with Crippen LogP contribution in [-0.4, -0.2) is 21.8 Å². The summed E-state index contributed by atoms with van der Waals surface area (Å²) >= 11 is 1.25. The number of hydrogen-bond donors (Lipinski definition) is 2. The molecule has 0 atom stereocenters. The highest BCUT2D eigenvalue weighted by Crippen LogP contribution is 2.21. The topological polar surface area (TPSA) is 111 Å². The van der Waals surface area contributed by atoms with Crippen LogP contribution >= 0.6 is 11.3 Å². The number of rotatable bonds is 7. The van der Waals surface area contributed by atoms with E-state index >= 15 is 0 Å². The zero-order valence-corrected chi connectivity index (χ0v) is 15.0. The molecule has 7 nitrogen and oxygen atoms in total. The van der Waals surface area contributed by atoms with E-state index in [9.17, 15) is 9.59 Å². The summed E-state index contributed by atoms with van der Waals surface area (Å²) in [5.74, 6) is 0.530. The van der Waals surface area contributed by atoms with Gasteiger partial charge in [0.25, 0.3) is 0 Å². The Kier molecular flexibility index (Phi) is 5.43. The summed E-state index contributed by atoms with van der Waals surface area (Å²) in [4.78, 5) is 31.3. The first kappa shape index (κ1) is 17.8. The molecule has 0 aliphatic carbocycles. The third kappa shape index (κ3) is 4.76. The number of carbonyl (C=O) groups excluding carboxylic acids is 2. The standard InChI is InChI=1S/C18H18N4O3S/c1-11-2-4-12(5-3-11)14-9-20-17(25-14)7-6-16(24)22-18-21-13(10-26-18)8-15(19)23/h2-5,9-10H,6-8H2,1H3,(H2,19,23)(H,21,22,24). The Bertz CT molecular complexity index is 915. The van der Waals surface area contributed by atoms with Crippen molar-refractivity contribution in [3.05, 3.63) is 53.0 Å². The van der Waals surface area contributed by atoms with Gasteiger partial charge in [-0.1, -0.05) is 29.8 Å². The second kappa shape index (κ2) is 7.92. The van der Waals surface area contributed by atoms with Crippen molar-refractivity contribution in [3.8, 4) is 11.3 Å². The van der Waals surface area contributed by atoms with Crippen LogP contribution in [0.15, 0.2) is 40.3 Å². The lowest BCUT2D eigenvalue weighted by atomic mass is 10.1. The van der Waals surface area contributed by atoms with Gasteiger partial charge in [-0.25, -0.2) is 9.97 Å². The molecule has 2 aromatic heterocycles. The minimum atomic E-state index is -0.457. The number of thiazole rings is 1. The maximum absolute atomic E-state index is 12.0. The first-order valence-electron chi connectivity index (χ1n) is 8.04. The van der Waals surface area contributed by atoms with E-state index in [2.05, 4.69) is 15.3 Å². The number of hydrogen-bond acceptors (Lipinski definition) is 6. The molecule has 0 aliphatic rings. The van der Waals surface area contributed by atoms with Gasteiger partial charge in [-0.3, -0.25) is 9.59 Å². The monoisotopic (exact) mass is 370 g/mol. The zero-order chi connectivity index (χ0) is 18.5. The molecule has 0 unspecified atom stereocenters. The van der Waals surface area contributed by atoms with E-state index in [0.717, 1.165) is 5.56 Å². The molecule has 3 aromatic rings. The van der Waals surface area contributed by atoms with E-state index in [1.165, 1.54) is 16.9 Å². The summed E-state index contributed by atoms with van der Waals surface area (Å²) in [6, 6.07) is 7.95. The number of nitrogens with one attached hydrogen (secondary N) is 1. The molecular formula is C18H18N4O3S. The Morgan fingerprint density at radius 2 is 2.04 bits per heavy atom. The number of nitrogens with two attached hydrogens (primary N) is 1. The summed E-state index contributed by atoms with van der Waals surface area (Å²) in [5, 5.41) is 4.84. The summed E-state index contributed by atoms with van der Waals surface area (Å²) in [5.41, 5.74) is 7.79. The zero-order valence-electron chi connectivity index (χ0n) is 14.2. The molecule has 26 heavy (non-hydrogen) atoms. The van der Waals surface area contributed by atoms with Crippen LogP contribution in [0.3, 0.4) is 0 Å². The van der Waals surface area contributed by atoms with E-state index in [-0.39, 0.29) is 18.7 Å². The highest BCUT2D eigenvalue weighted by atomic mass is 32.1. The van der Waals surface area contributed by atoms with E-state index in [0.29, 0.717) is 28.9 Å². The summed E-state index contributed by atoms with van der Waals surface area (Å²) in [6.07, 6.45) is 2.33. The molecule has 0 spiro atoms. The number of anilines is 1. The van der Waals surface area contributed by atoms with Gasteiger partial charge in [0.15, 0.2) is 16.8 Å². The lowest BCUT2D eigenvalue weighted by molar-refractivity contribution is -0.117. The lowest BCUT2D eigenvalue weighted by Crippen LogP contribution is -2.14. The maximum atomic E-state index is 12.0. The van der Waals surface area contributed by atoms with Crippen LogP contribution in [0.4, 0.5) is 5.13 Å². The summed E-state index contributed by atoms with van der Waals surface area (Å²) in [7, 11) is 0. The van der Waals surface area contributed by atoms with E-state index in [1.807, 2.05) is 31.2 Å². The summed E-state index contributed by atoms with van der Waals surface area (Å²) in [6.45, 7) is 2.02. The average Bonchev–Trinajstić information content (AvgIpc) is 3.23. The number of primary amides is 1.